The van der Waals surface area contributed by atoms with Crippen LogP contribution < -0.4 is 0 Å². The predicted octanol–water partition coefficient (Wildman–Crippen LogP) is 5.03. The summed E-state index contributed by atoms with van der Waals surface area (Å²) in [6, 6.07) is 6.96. The summed E-state index contributed by atoms with van der Waals surface area (Å²) in [5, 5.41) is 0. The molecule has 0 bridgehead atoms. The zero-order valence-corrected chi connectivity index (χ0v) is 11.7. The van der Waals surface area contributed by atoms with Crippen LogP contribution in [-0.4, -0.2) is 0 Å². The van der Waals surface area contributed by atoms with Crippen molar-refractivity contribution < 1.29 is 0 Å². The van der Waals surface area contributed by atoms with Crippen molar-refractivity contribution in [2.45, 2.75) is 71.1 Å². The largest absolute Gasteiger partial charge is 0.0654 e. The Kier molecular flexibility index (Phi) is 3.91. The Morgan fingerprint density at radius 3 is 2.71 bits per heavy atom. The first-order valence-electron chi connectivity index (χ1n) is 7.26. The van der Waals surface area contributed by atoms with E-state index in [4.69, 9.17) is 0 Å². The molecular formula is C17H26. The number of benzene rings is 1. The van der Waals surface area contributed by atoms with Gasteiger partial charge in [-0.1, -0.05) is 58.2 Å². The summed E-state index contributed by atoms with van der Waals surface area (Å²) in [4.78, 5) is 0. The maximum absolute atomic E-state index is 2.43. The van der Waals surface area contributed by atoms with E-state index in [0.717, 1.165) is 0 Å². The van der Waals surface area contributed by atoms with Gasteiger partial charge in [0.25, 0.3) is 0 Å². The minimum Gasteiger partial charge on any atom is -0.0654 e. The molecule has 0 spiro atoms. The van der Waals surface area contributed by atoms with Crippen LogP contribution in [0.1, 0.15) is 69.6 Å². The molecule has 0 heteroatoms. The fourth-order valence-corrected chi connectivity index (χ4v) is 3.21. The van der Waals surface area contributed by atoms with Crippen LogP contribution in [0, 0.1) is 0 Å². The van der Waals surface area contributed by atoms with Gasteiger partial charge < -0.3 is 0 Å². The highest BCUT2D eigenvalue weighted by molar-refractivity contribution is 5.42. The second-order valence-corrected chi connectivity index (χ2v) is 6.14. The van der Waals surface area contributed by atoms with Crippen LogP contribution in [0.25, 0.3) is 0 Å². The summed E-state index contributed by atoms with van der Waals surface area (Å²) in [6.07, 6.45) is 9.36. The lowest BCUT2D eigenvalue weighted by atomic mass is 9.77. The highest BCUT2D eigenvalue weighted by Crippen LogP contribution is 2.36. The molecule has 0 unspecified atom stereocenters. The van der Waals surface area contributed by atoms with E-state index in [1.54, 1.807) is 16.7 Å². The minimum atomic E-state index is 0.366. The quantitative estimate of drug-likeness (QED) is 0.622. The molecule has 94 valence electrons. The zero-order chi connectivity index (χ0) is 12.3. The van der Waals surface area contributed by atoms with E-state index in [9.17, 15) is 0 Å². The van der Waals surface area contributed by atoms with Gasteiger partial charge in [-0.05, 0) is 47.8 Å². The van der Waals surface area contributed by atoms with E-state index < -0.39 is 0 Å². The lowest BCUT2D eigenvalue weighted by Crippen LogP contribution is -2.19. The molecule has 0 saturated heterocycles. The highest BCUT2D eigenvalue weighted by atomic mass is 14.3. The van der Waals surface area contributed by atoms with Crippen LogP contribution >= 0.6 is 0 Å². The average molecular weight is 230 g/mol. The molecule has 0 fully saturated rings. The van der Waals surface area contributed by atoms with Crippen LogP contribution in [0.5, 0.6) is 0 Å². The molecule has 17 heavy (non-hydrogen) atoms. The van der Waals surface area contributed by atoms with E-state index in [1.165, 1.54) is 44.9 Å². The van der Waals surface area contributed by atoms with Crippen LogP contribution in [0.15, 0.2) is 18.2 Å². The second kappa shape index (κ2) is 5.25. The molecule has 1 aromatic carbocycles. The molecule has 1 aromatic rings. The van der Waals surface area contributed by atoms with Crippen LogP contribution in [0.3, 0.4) is 0 Å². The van der Waals surface area contributed by atoms with Gasteiger partial charge in [0.05, 0.1) is 0 Å². The first-order valence-corrected chi connectivity index (χ1v) is 7.26. The second-order valence-electron chi connectivity index (χ2n) is 6.14. The third kappa shape index (κ3) is 2.73. The number of hydrogen-bond donors (Lipinski definition) is 0. The minimum absolute atomic E-state index is 0.366. The summed E-state index contributed by atoms with van der Waals surface area (Å²) in [7, 11) is 0. The summed E-state index contributed by atoms with van der Waals surface area (Å²) in [5.41, 5.74) is 5.29. The van der Waals surface area contributed by atoms with Crippen molar-refractivity contribution in [2.24, 2.45) is 0 Å². The van der Waals surface area contributed by atoms with Crippen molar-refractivity contribution >= 4 is 0 Å². The van der Waals surface area contributed by atoms with Crippen molar-refractivity contribution in [3.63, 3.8) is 0 Å². The van der Waals surface area contributed by atoms with Crippen molar-refractivity contribution in [3.05, 3.63) is 34.9 Å². The van der Waals surface area contributed by atoms with Crippen molar-refractivity contribution in [2.75, 3.05) is 0 Å². The molecule has 0 radical (unpaired) electrons. The molecule has 0 aromatic heterocycles. The number of fused-ring (bicyclic) bond motifs is 1. The van der Waals surface area contributed by atoms with Gasteiger partial charge in [0.2, 0.25) is 0 Å². The lowest BCUT2D eigenvalue weighted by molar-refractivity contribution is 0.447. The Morgan fingerprint density at radius 1 is 1.12 bits per heavy atom. The Hall–Kier alpha value is -0.780. The van der Waals surface area contributed by atoms with Crippen LogP contribution in [0.4, 0.5) is 0 Å². The number of hydrogen-bond acceptors (Lipinski definition) is 0. The Morgan fingerprint density at radius 2 is 1.94 bits per heavy atom. The fourth-order valence-electron chi connectivity index (χ4n) is 3.21. The molecule has 1 aliphatic rings. The smallest absolute Gasteiger partial charge is 0.0101 e. The zero-order valence-electron chi connectivity index (χ0n) is 11.7. The van der Waals surface area contributed by atoms with E-state index in [-0.39, 0.29) is 0 Å². The van der Waals surface area contributed by atoms with Gasteiger partial charge >= 0.3 is 0 Å². The summed E-state index contributed by atoms with van der Waals surface area (Å²) in [5.74, 6) is 0. The molecular weight excluding hydrogens is 204 g/mol. The van der Waals surface area contributed by atoms with E-state index >= 15 is 0 Å². The van der Waals surface area contributed by atoms with Crippen molar-refractivity contribution in [1.29, 1.82) is 0 Å². The molecule has 0 nitrogen and oxygen atoms in total. The number of aryl methyl sites for hydroxylation is 1. The maximum Gasteiger partial charge on any atom is -0.0101 e. The average Bonchev–Trinajstić information content (AvgIpc) is 2.76. The van der Waals surface area contributed by atoms with Crippen molar-refractivity contribution in [1.82, 2.24) is 0 Å². The van der Waals surface area contributed by atoms with Gasteiger partial charge in [-0.15, -0.1) is 0 Å². The third-order valence-corrected chi connectivity index (χ3v) is 4.28. The monoisotopic (exact) mass is 230 g/mol. The Labute approximate surface area is 106 Å². The van der Waals surface area contributed by atoms with Gasteiger partial charge in [0.15, 0.2) is 0 Å². The number of unbranched alkanes of at least 4 members (excludes halogenated alkanes) is 2. The summed E-state index contributed by atoms with van der Waals surface area (Å²) < 4.78 is 0. The van der Waals surface area contributed by atoms with Crippen molar-refractivity contribution in [3.8, 4) is 0 Å². The fraction of sp³-hybridized carbons (Fsp3) is 0.647. The first kappa shape index (κ1) is 12.7. The van der Waals surface area contributed by atoms with Gasteiger partial charge in [-0.3, -0.25) is 0 Å². The summed E-state index contributed by atoms with van der Waals surface area (Å²) >= 11 is 0. The molecule has 0 N–H and O–H groups in total. The molecule has 1 aliphatic carbocycles. The molecule has 2 rings (SSSR count). The topological polar surface area (TPSA) is 0 Å². The van der Waals surface area contributed by atoms with E-state index in [2.05, 4.69) is 39.0 Å². The highest BCUT2D eigenvalue weighted by Gasteiger charge is 2.25. The molecule has 0 atom stereocenters. The van der Waals surface area contributed by atoms with Crippen LogP contribution in [-0.2, 0) is 18.3 Å². The molecule has 0 saturated carbocycles. The Balaban J connectivity index is 2.18. The van der Waals surface area contributed by atoms with E-state index in [0.29, 0.717) is 5.41 Å². The van der Waals surface area contributed by atoms with E-state index in [1.807, 2.05) is 0 Å². The summed E-state index contributed by atoms with van der Waals surface area (Å²) in [6.45, 7) is 7.14. The molecule has 0 amide bonds. The van der Waals surface area contributed by atoms with Gasteiger partial charge in [-0.25, -0.2) is 0 Å². The predicted molar refractivity (Wildman–Crippen MR) is 75.6 cm³/mol. The maximum atomic E-state index is 2.43. The molecule has 0 aliphatic heterocycles. The third-order valence-electron chi connectivity index (χ3n) is 4.28. The van der Waals surface area contributed by atoms with Crippen LogP contribution in [0.2, 0.25) is 0 Å². The standard InChI is InChI=1S/C17H26/c1-4-5-6-13-17(2,3)16-12-8-10-14-9-7-11-15(14)16/h8,10,12H,4-7,9,11,13H2,1-3H3. The SMILES string of the molecule is CCCCCC(C)(C)c1cccc2c1CCC2. The van der Waals surface area contributed by atoms with Gasteiger partial charge in [0.1, 0.15) is 0 Å². The van der Waals surface area contributed by atoms with Gasteiger partial charge in [-0.2, -0.15) is 0 Å². The Bertz CT molecular complexity index is 374. The van der Waals surface area contributed by atoms with Gasteiger partial charge in [0, 0.05) is 0 Å². The number of rotatable bonds is 5. The normalized spacial score (nSPS) is 15.0. The first-order chi connectivity index (χ1) is 8.15. The lowest BCUT2D eigenvalue weighted by Gasteiger charge is -2.28. The molecule has 0 heterocycles.